The summed E-state index contributed by atoms with van der Waals surface area (Å²) in [4.78, 5) is 24.8. The van der Waals surface area contributed by atoms with E-state index in [9.17, 15) is 26.8 Å². The second-order valence-corrected chi connectivity index (χ2v) is 9.27. The number of aryl methyl sites for hydroxylation is 1. The van der Waals surface area contributed by atoms with Crippen molar-refractivity contribution in [1.29, 1.82) is 0 Å². The summed E-state index contributed by atoms with van der Waals surface area (Å²) in [6.45, 7) is 2.48. The molecule has 3 rings (SSSR count). The summed E-state index contributed by atoms with van der Waals surface area (Å²) >= 11 is 2.93. The Kier molecular flexibility index (Phi) is 6.09. The maximum absolute atomic E-state index is 13.9. The molecular weight excluding hydrogens is 482 g/mol. The lowest BCUT2D eigenvalue weighted by Crippen LogP contribution is -2.38. The zero-order valence-corrected chi connectivity index (χ0v) is 18.4. The fourth-order valence-electron chi connectivity index (χ4n) is 3.08. The molecule has 1 aliphatic rings. The van der Waals surface area contributed by atoms with Gasteiger partial charge in [0.15, 0.2) is 5.82 Å². The predicted molar refractivity (Wildman–Crippen MR) is 112 cm³/mol. The van der Waals surface area contributed by atoms with Crippen molar-refractivity contribution >= 4 is 48.4 Å². The summed E-state index contributed by atoms with van der Waals surface area (Å²) < 4.78 is 53.4. The molecule has 2 amide bonds. The molecule has 0 saturated heterocycles. The molecule has 2 aromatic carbocycles. The Hall–Kier alpha value is -2.59. The molecule has 0 bridgehead atoms. The average Bonchev–Trinajstić information content (AvgIpc) is 2.84. The number of nitrogens with one attached hydrogen (secondary N) is 1. The Morgan fingerprint density at radius 1 is 1.17 bits per heavy atom. The lowest BCUT2D eigenvalue weighted by Gasteiger charge is -2.17. The zero-order chi connectivity index (χ0) is 22.2. The number of carbonyl (C=O) groups excluding carboxylic acids is 2. The summed E-state index contributed by atoms with van der Waals surface area (Å²) in [6, 6.07) is 8.26. The first-order chi connectivity index (χ1) is 14.1. The lowest BCUT2D eigenvalue weighted by molar-refractivity contribution is -0.126. The van der Waals surface area contributed by atoms with E-state index in [1.54, 1.807) is 24.3 Å². The van der Waals surface area contributed by atoms with Crippen LogP contribution in [0.5, 0.6) is 0 Å². The monoisotopic (exact) mass is 498 g/mol. The van der Waals surface area contributed by atoms with Gasteiger partial charge in [-0.1, -0.05) is 31.2 Å². The minimum absolute atomic E-state index is 0.0128. The van der Waals surface area contributed by atoms with Crippen LogP contribution in [0, 0.1) is 11.6 Å². The molecule has 0 aromatic heterocycles. The molecule has 10 heteroatoms. The highest BCUT2D eigenvalue weighted by Crippen LogP contribution is 2.35. The summed E-state index contributed by atoms with van der Waals surface area (Å²) in [5.74, 6) is -3.68. The van der Waals surface area contributed by atoms with Crippen molar-refractivity contribution < 1.29 is 26.8 Å². The number of hydrogen-bond acceptors (Lipinski definition) is 4. The van der Waals surface area contributed by atoms with E-state index in [0.29, 0.717) is 15.9 Å². The molecule has 30 heavy (non-hydrogen) atoms. The van der Waals surface area contributed by atoms with Gasteiger partial charge >= 0.3 is 0 Å². The van der Waals surface area contributed by atoms with Gasteiger partial charge in [0.05, 0.1) is 5.69 Å². The average molecular weight is 499 g/mol. The van der Waals surface area contributed by atoms with Gasteiger partial charge < -0.3 is 5.32 Å². The molecule has 2 aromatic rings. The maximum Gasteiger partial charge on any atom is 0.268 e. The molecule has 0 radical (unpaired) electrons. The number of rotatable bonds is 5. The fourth-order valence-corrected chi connectivity index (χ4v) is 5.36. The number of halogens is 3. The number of hydrogen-bond donors (Lipinski definition) is 1. The second-order valence-electron chi connectivity index (χ2n) is 6.61. The molecule has 1 N–H and O–H groups in total. The Morgan fingerprint density at radius 2 is 1.80 bits per heavy atom. The van der Waals surface area contributed by atoms with Crippen LogP contribution in [-0.4, -0.2) is 31.1 Å². The van der Waals surface area contributed by atoms with E-state index >= 15 is 0 Å². The fraction of sp³-hybridized carbons (Fsp3) is 0.200. The highest BCUT2D eigenvalue weighted by molar-refractivity contribution is 9.10. The van der Waals surface area contributed by atoms with Crippen LogP contribution in [-0.2, 0) is 26.0 Å². The lowest BCUT2D eigenvalue weighted by atomic mass is 10.1. The molecule has 0 saturated carbocycles. The van der Waals surface area contributed by atoms with Crippen molar-refractivity contribution in [3.8, 4) is 0 Å². The molecule has 0 spiro atoms. The number of benzene rings is 2. The molecule has 0 atom stereocenters. The van der Waals surface area contributed by atoms with E-state index in [-0.39, 0.29) is 20.6 Å². The second kappa shape index (κ2) is 8.27. The van der Waals surface area contributed by atoms with E-state index in [1.807, 2.05) is 6.92 Å². The number of sulfonamides is 1. The van der Waals surface area contributed by atoms with Gasteiger partial charge in [-0.15, -0.1) is 0 Å². The van der Waals surface area contributed by atoms with E-state index in [2.05, 4.69) is 21.2 Å². The van der Waals surface area contributed by atoms with Gasteiger partial charge in [-0.2, -0.15) is 0 Å². The van der Waals surface area contributed by atoms with E-state index < -0.39 is 40.0 Å². The smallest absolute Gasteiger partial charge is 0.268 e. The van der Waals surface area contributed by atoms with Crippen LogP contribution in [0.1, 0.15) is 25.0 Å². The van der Waals surface area contributed by atoms with Gasteiger partial charge in [-0.3, -0.25) is 9.59 Å². The molecule has 6 nitrogen and oxygen atoms in total. The van der Waals surface area contributed by atoms with E-state index in [4.69, 9.17) is 0 Å². The number of carbonyl (C=O) groups is 2. The topological polar surface area (TPSA) is 83.6 Å². The van der Waals surface area contributed by atoms with E-state index in [0.717, 1.165) is 18.1 Å². The summed E-state index contributed by atoms with van der Waals surface area (Å²) in [6.07, 6.45) is 0.770. The Labute approximate surface area is 180 Å². The van der Waals surface area contributed by atoms with Gasteiger partial charge in [-0.05, 0) is 46.5 Å². The molecule has 0 unspecified atom stereocenters. The van der Waals surface area contributed by atoms with Crippen LogP contribution < -0.4 is 5.32 Å². The van der Waals surface area contributed by atoms with Gasteiger partial charge in [0, 0.05) is 16.1 Å². The van der Waals surface area contributed by atoms with Crippen molar-refractivity contribution in [2.24, 2.45) is 0 Å². The standard InChI is InChI=1S/C20H17BrF2N2O4S/c1-3-12-4-6-13(7-5-12)19-11(2)20(27)25(30(19,28)29)10-17(26)24-18-15(21)8-14(22)9-16(18)23/h4-9H,3,10H2,1-2H3,(H,24,26). The summed E-state index contributed by atoms with van der Waals surface area (Å²) in [5, 5.41) is 2.17. The van der Waals surface area contributed by atoms with Crippen LogP contribution in [0.15, 0.2) is 46.4 Å². The van der Waals surface area contributed by atoms with Crippen LogP contribution in [0.2, 0.25) is 0 Å². The third kappa shape index (κ3) is 4.01. The molecule has 1 aliphatic heterocycles. The van der Waals surface area contributed by atoms with Crippen LogP contribution in [0.25, 0.3) is 4.91 Å². The van der Waals surface area contributed by atoms with Gasteiger partial charge in [0.1, 0.15) is 17.3 Å². The molecule has 1 heterocycles. The SMILES string of the molecule is CCc1ccc(C2=C(C)C(=O)N(CC(=O)Nc3c(F)cc(F)cc3Br)S2(=O)=O)cc1. The van der Waals surface area contributed by atoms with Gasteiger partial charge in [0.2, 0.25) is 5.91 Å². The first-order valence-corrected chi connectivity index (χ1v) is 11.1. The Morgan fingerprint density at radius 3 is 2.37 bits per heavy atom. The number of anilines is 1. The molecular formula is C20H17BrF2N2O4S. The van der Waals surface area contributed by atoms with Crippen molar-refractivity contribution in [3.63, 3.8) is 0 Å². The van der Waals surface area contributed by atoms with Gasteiger partial charge in [0.25, 0.3) is 15.9 Å². The minimum atomic E-state index is -4.28. The Balaban J connectivity index is 1.86. The largest absolute Gasteiger partial charge is 0.321 e. The quantitative estimate of drug-likeness (QED) is 0.678. The highest BCUT2D eigenvalue weighted by atomic mass is 79.9. The summed E-state index contributed by atoms with van der Waals surface area (Å²) in [7, 11) is -4.28. The Bertz CT molecular complexity index is 1150. The number of nitrogens with zero attached hydrogens (tertiary/aromatic N) is 1. The van der Waals surface area contributed by atoms with Crippen LogP contribution in [0.4, 0.5) is 14.5 Å². The predicted octanol–water partition coefficient (Wildman–Crippen LogP) is 3.83. The summed E-state index contributed by atoms with van der Waals surface area (Å²) in [5.41, 5.74) is 0.974. The highest BCUT2D eigenvalue weighted by Gasteiger charge is 2.43. The third-order valence-corrected chi connectivity index (χ3v) is 7.18. The van der Waals surface area contributed by atoms with Crippen LogP contribution in [0.3, 0.4) is 0 Å². The third-order valence-electron chi connectivity index (χ3n) is 4.62. The molecule has 158 valence electrons. The minimum Gasteiger partial charge on any atom is -0.321 e. The van der Waals surface area contributed by atoms with Crippen molar-refractivity contribution in [1.82, 2.24) is 4.31 Å². The van der Waals surface area contributed by atoms with E-state index in [1.165, 1.54) is 6.92 Å². The first kappa shape index (κ1) is 22.1. The van der Waals surface area contributed by atoms with Crippen LogP contribution >= 0.6 is 15.9 Å². The maximum atomic E-state index is 13.9. The molecule has 0 fully saturated rings. The normalized spacial score (nSPS) is 15.6. The zero-order valence-electron chi connectivity index (χ0n) is 16.0. The van der Waals surface area contributed by atoms with Gasteiger partial charge in [-0.25, -0.2) is 21.5 Å². The van der Waals surface area contributed by atoms with Crippen molar-refractivity contribution in [2.75, 3.05) is 11.9 Å². The number of amides is 2. The molecule has 0 aliphatic carbocycles. The van der Waals surface area contributed by atoms with Crippen molar-refractivity contribution in [3.05, 3.63) is 69.2 Å². The van der Waals surface area contributed by atoms with Crippen molar-refractivity contribution in [2.45, 2.75) is 20.3 Å². The first-order valence-electron chi connectivity index (χ1n) is 8.88.